The van der Waals surface area contributed by atoms with Gasteiger partial charge >= 0.3 is 17.9 Å². The molecule has 0 aliphatic carbocycles. The van der Waals surface area contributed by atoms with Gasteiger partial charge in [0.05, 0.1) is 19.8 Å². The molecule has 0 unspecified atom stereocenters. The van der Waals surface area contributed by atoms with E-state index in [0.29, 0.717) is 17.1 Å². The fourth-order valence-electron chi connectivity index (χ4n) is 2.22. The Morgan fingerprint density at radius 2 is 1.71 bits per heavy atom. The third kappa shape index (κ3) is 7.04. The van der Waals surface area contributed by atoms with Gasteiger partial charge in [0.1, 0.15) is 5.75 Å². The van der Waals surface area contributed by atoms with Crippen molar-refractivity contribution in [1.82, 2.24) is 0 Å². The first-order valence-corrected chi connectivity index (χ1v) is 9.05. The second kappa shape index (κ2) is 11.2. The minimum atomic E-state index is -0.601. The highest BCUT2D eigenvalue weighted by atomic mass is 16.7. The lowest BCUT2D eigenvalue weighted by molar-refractivity contribution is -0.145. The number of hydrogen-bond acceptors (Lipinski definition) is 8. The van der Waals surface area contributed by atoms with E-state index in [4.69, 9.17) is 18.9 Å². The van der Waals surface area contributed by atoms with Crippen LogP contribution in [0.4, 0.5) is 0 Å². The summed E-state index contributed by atoms with van der Waals surface area (Å²) in [5, 5.41) is 0. The van der Waals surface area contributed by atoms with Gasteiger partial charge in [-0.2, -0.15) is 0 Å². The van der Waals surface area contributed by atoms with Gasteiger partial charge in [-0.05, 0) is 55.0 Å². The molecule has 31 heavy (non-hydrogen) atoms. The molecule has 0 saturated heterocycles. The van der Waals surface area contributed by atoms with Crippen molar-refractivity contribution in [3.8, 4) is 17.2 Å². The molecule has 2 rings (SSSR count). The molecule has 0 radical (unpaired) electrons. The maximum Gasteiger partial charge on any atom is 0.343 e. The minimum absolute atomic E-state index is 0.217. The third-order valence-corrected chi connectivity index (χ3v) is 3.86. The van der Waals surface area contributed by atoms with E-state index in [2.05, 4.69) is 11.3 Å². The van der Waals surface area contributed by atoms with Crippen molar-refractivity contribution in [2.24, 2.45) is 0 Å². The van der Waals surface area contributed by atoms with Crippen LogP contribution in [-0.2, 0) is 19.1 Å². The van der Waals surface area contributed by atoms with Gasteiger partial charge in [-0.1, -0.05) is 12.6 Å². The first-order valence-electron chi connectivity index (χ1n) is 9.05. The van der Waals surface area contributed by atoms with E-state index in [0.717, 1.165) is 0 Å². The monoisotopic (exact) mass is 426 g/mol. The van der Waals surface area contributed by atoms with Crippen LogP contribution in [0.15, 0.2) is 60.7 Å². The zero-order chi connectivity index (χ0) is 22.8. The zero-order valence-electron chi connectivity index (χ0n) is 17.4. The molecular weight excluding hydrogens is 404 g/mol. The lowest BCUT2D eigenvalue weighted by Crippen LogP contribution is -2.11. The maximum atomic E-state index is 12.4. The Labute approximate surface area is 179 Å². The highest BCUT2D eigenvalue weighted by Crippen LogP contribution is 2.29. The van der Waals surface area contributed by atoms with Crippen LogP contribution in [-0.4, -0.2) is 38.9 Å². The molecule has 0 saturated carbocycles. The van der Waals surface area contributed by atoms with Gasteiger partial charge in [0.25, 0.3) is 0 Å². The molecule has 0 amide bonds. The predicted octanol–water partition coefficient (Wildman–Crippen LogP) is 3.56. The zero-order valence-corrected chi connectivity index (χ0v) is 17.4. The summed E-state index contributed by atoms with van der Waals surface area (Å²) in [7, 11) is 2.72. The van der Waals surface area contributed by atoms with Crippen LogP contribution < -0.4 is 14.2 Å². The predicted molar refractivity (Wildman–Crippen MR) is 112 cm³/mol. The van der Waals surface area contributed by atoms with E-state index in [1.54, 1.807) is 36.4 Å². The SMILES string of the molecule is C=C(C)C(=O)OCOc1ccc(C(=O)Oc2ccc(/C=C/C(=O)OC)cc2OC)cc1. The van der Waals surface area contributed by atoms with Crippen LogP contribution >= 0.6 is 0 Å². The van der Waals surface area contributed by atoms with E-state index in [1.807, 2.05) is 0 Å². The number of benzene rings is 2. The minimum Gasteiger partial charge on any atom is -0.493 e. The molecule has 8 heteroatoms. The molecule has 0 atom stereocenters. The Kier molecular flexibility index (Phi) is 8.39. The van der Waals surface area contributed by atoms with Crippen LogP contribution in [0.3, 0.4) is 0 Å². The van der Waals surface area contributed by atoms with Crippen LogP contribution in [0.1, 0.15) is 22.8 Å². The van der Waals surface area contributed by atoms with Gasteiger partial charge in [-0.15, -0.1) is 0 Å². The Bertz CT molecular complexity index is 989. The molecule has 0 fully saturated rings. The summed E-state index contributed by atoms with van der Waals surface area (Å²) in [6, 6.07) is 10.9. The molecule has 0 spiro atoms. The largest absolute Gasteiger partial charge is 0.493 e. The standard InChI is InChI=1S/C23H22O8/c1-15(2)22(25)30-14-29-18-9-7-17(8-10-18)23(26)31-19-11-5-16(13-20(19)27-3)6-12-21(24)28-4/h5-13H,1,14H2,2-4H3/b12-6+. The third-order valence-electron chi connectivity index (χ3n) is 3.86. The molecule has 2 aromatic carbocycles. The quantitative estimate of drug-likeness (QED) is 0.260. The van der Waals surface area contributed by atoms with Crippen molar-refractivity contribution in [2.45, 2.75) is 6.92 Å². The Morgan fingerprint density at radius 3 is 2.32 bits per heavy atom. The van der Waals surface area contributed by atoms with Gasteiger partial charge in [-0.3, -0.25) is 0 Å². The topological polar surface area (TPSA) is 97.4 Å². The van der Waals surface area contributed by atoms with Gasteiger partial charge in [0, 0.05) is 11.6 Å². The van der Waals surface area contributed by atoms with E-state index in [9.17, 15) is 14.4 Å². The maximum absolute atomic E-state index is 12.4. The van der Waals surface area contributed by atoms with E-state index >= 15 is 0 Å². The summed E-state index contributed by atoms with van der Waals surface area (Å²) >= 11 is 0. The first-order chi connectivity index (χ1) is 14.8. The average molecular weight is 426 g/mol. The summed E-state index contributed by atoms with van der Waals surface area (Å²) < 4.78 is 25.3. The van der Waals surface area contributed by atoms with E-state index in [-0.39, 0.29) is 23.7 Å². The summed E-state index contributed by atoms with van der Waals surface area (Å²) in [6.45, 7) is 4.73. The van der Waals surface area contributed by atoms with Crippen LogP contribution in [0, 0.1) is 0 Å². The second-order valence-corrected chi connectivity index (χ2v) is 6.16. The van der Waals surface area contributed by atoms with Crippen molar-refractivity contribution < 1.29 is 38.1 Å². The Hall–Kier alpha value is -4.07. The van der Waals surface area contributed by atoms with Crippen LogP contribution in [0.25, 0.3) is 6.08 Å². The van der Waals surface area contributed by atoms with E-state index < -0.39 is 17.9 Å². The lowest BCUT2D eigenvalue weighted by atomic mass is 10.2. The van der Waals surface area contributed by atoms with Gasteiger partial charge in [0.15, 0.2) is 11.5 Å². The summed E-state index contributed by atoms with van der Waals surface area (Å²) in [5.74, 6) is -0.701. The number of rotatable bonds is 9. The summed E-state index contributed by atoms with van der Waals surface area (Å²) in [5.41, 5.74) is 1.21. The van der Waals surface area contributed by atoms with Crippen molar-refractivity contribution in [1.29, 1.82) is 0 Å². The number of esters is 3. The van der Waals surface area contributed by atoms with Crippen LogP contribution in [0.2, 0.25) is 0 Å². The molecule has 0 heterocycles. The fourth-order valence-corrected chi connectivity index (χ4v) is 2.22. The molecule has 8 nitrogen and oxygen atoms in total. The first kappa shape index (κ1) is 23.2. The van der Waals surface area contributed by atoms with Crippen molar-refractivity contribution >= 4 is 24.0 Å². The highest BCUT2D eigenvalue weighted by Gasteiger charge is 2.13. The molecule has 0 bridgehead atoms. The second-order valence-electron chi connectivity index (χ2n) is 6.16. The Morgan fingerprint density at radius 1 is 1.00 bits per heavy atom. The fraction of sp³-hybridized carbons (Fsp3) is 0.174. The van der Waals surface area contributed by atoms with Gasteiger partial charge in [0.2, 0.25) is 6.79 Å². The molecule has 0 aliphatic rings. The average Bonchev–Trinajstić information content (AvgIpc) is 2.78. The van der Waals surface area contributed by atoms with Crippen molar-refractivity contribution in [3.63, 3.8) is 0 Å². The van der Waals surface area contributed by atoms with Crippen molar-refractivity contribution in [3.05, 3.63) is 71.8 Å². The normalized spacial score (nSPS) is 10.3. The number of ether oxygens (including phenoxy) is 5. The highest BCUT2D eigenvalue weighted by molar-refractivity contribution is 5.91. The number of carbonyl (C=O) groups excluding carboxylic acids is 3. The molecule has 0 aliphatic heterocycles. The summed E-state index contributed by atoms with van der Waals surface area (Å²) in [4.78, 5) is 34.9. The van der Waals surface area contributed by atoms with E-state index in [1.165, 1.54) is 39.4 Å². The molecule has 0 N–H and O–H groups in total. The molecule has 162 valence electrons. The molecular formula is C23H22O8. The van der Waals surface area contributed by atoms with Crippen LogP contribution in [0.5, 0.6) is 17.2 Å². The number of methoxy groups -OCH3 is 2. The molecule has 2 aromatic rings. The molecule has 0 aromatic heterocycles. The number of hydrogen-bond donors (Lipinski definition) is 0. The number of carbonyl (C=O) groups is 3. The van der Waals surface area contributed by atoms with Gasteiger partial charge in [-0.25, -0.2) is 14.4 Å². The summed E-state index contributed by atoms with van der Waals surface area (Å²) in [6.07, 6.45) is 2.82. The Balaban J connectivity index is 2.01. The van der Waals surface area contributed by atoms with Gasteiger partial charge < -0.3 is 23.7 Å². The lowest BCUT2D eigenvalue weighted by Gasteiger charge is -2.11. The smallest absolute Gasteiger partial charge is 0.343 e. The van der Waals surface area contributed by atoms with Crippen molar-refractivity contribution in [2.75, 3.05) is 21.0 Å².